The lowest BCUT2D eigenvalue weighted by Crippen LogP contribution is -2.51. The summed E-state index contributed by atoms with van der Waals surface area (Å²) in [6.07, 6.45) is 3.75. The first-order chi connectivity index (χ1) is 12.6. The van der Waals surface area contributed by atoms with E-state index in [9.17, 15) is 9.59 Å². The lowest BCUT2D eigenvalue weighted by molar-refractivity contribution is -0.122. The first-order valence-electron chi connectivity index (χ1n) is 8.97. The summed E-state index contributed by atoms with van der Waals surface area (Å²) in [4.78, 5) is 28.3. The van der Waals surface area contributed by atoms with Crippen LogP contribution in [0.4, 0.5) is 0 Å². The number of likely N-dealkylation sites (N-methyl/N-ethyl adjacent to an activating group) is 1. The van der Waals surface area contributed by atoms with Crippen molar-refractivity contribution in [3.8, 4) is 5.69 Å². The van der Waals surface area contributed by atoms with Gasteiger partial charge in [-0.25, -0.2) is 4.68 Å². The minimum atomic E-state index is 0.0332. The first kappa shape index (κ1) is 18.1. The van der Waals surface area contributed by atoms with Gasteiger partial charge in [0.25, 0.3) is 5.91 Å². The predicted octanol–water partition coefficient (Wildman–Crippen LogP) is 1.07. The molecule has 0 spiro atoms. The second-order valence-electron chi connectivity index (χ2n) is 6.53. The van der Waals surface area contributed by atoms with E-state index in [1.54, 1.807) is 10.9 Å². The van der Waals surface area contributed by atoms with Crippen molar-refractivity contribution in [2.45, 2.75) is 13.8 Å². The number of benzene rings is 1. The van der Waals surface area contributed by atoms with E-state index >= 15 is 0 Å². The molecule has 7 nitrogen and oxygen atoms in total. The summed E-state index contributed by atoms with van der Waals surface area (Å²) >= 11 is 0. The van der Waals surface area contributed by atoms with Gasteiger partial charge >= 0.3 is 0 Å². The Morgan fingerprint density at radius 3 is 2.38 bits per heavy atom. The highest BCUT2D eigenvalue weighted by atomic mass is 16.2. The molecule has 26 heavy (non-hydrogen) atoms. The van der Waals surface area contributed by atoms with Crippen molar-refractivity contribution in [1.29, 1.82) is 0 Å². The van der Waals surface area contributed by atoms with Crippen LogP contribution in [0.3, 0.4) is 0 Å². The maximum absolute atomic E-state index is 12.7. The first-order valence-corrected chi connectivity index (χ1v) is 8.97. The Morgan fingerprint density at radius 2 is 1.81 bits per heavy atom. The number of carbonyl (C=O) groups excluding carboxylic acids is 2. The van der Waals surface area contributed by atoms with Crippen molar-refractivity contribution in [2.24, 2.45) is 0 Å². The van der Waals surface area contributed by atoms with Crippen LogP contribution in [0.5, 0.6) is 0 Å². The van der Waals surface area contributed by atoms with E-state index in [0.717, 1.165) is 11.3 Å². The molecule has 0 unspecified atom stereocenters. The third-order valence-corrected chi connectivity index (χ3v) is 4.49. The van der Waals surface area contributed by atoms with Crippen LogP contribution in [-0.4, -0.2) is 70.7 Å². The SMILES string of the molecule is CCNC(=O)CN1CCN(C(=O)c2ccc(-n3cc(C)cn3)cc2)CC1. The van der Waals surface area contributed by atoms with Crippen molar-refractivity contribution in [1.82, 2.24) is 24.9 Å². The molecule has 3 rings (SSSR count). The van der Waals surface area contributed by atoms with Gasteiger partial charge in [-0.05, 0) is 43.7 Å². The van der Waals surface area contributed by atoms with Gasteiger partial charge in [-0.15, -0.1) is 0 Å². The third-order valence-electron chi connectivity index (χ3n) is 4.49. The topological polar surface area (TPSA) is 70.5 Å². The Kier molecular flexibility index (Phi) is 5.68. The number of rotatable bonds is 5. The molecule has 7 heteroatoms. The average molecular weight is 355 g/mol. The summed E-state index contributed by atoms with van der Waals surface area (Å²) in [5.41, 5.74) is 2.70. The van der Waals surface area contributed by atoms with Gasteiger partial charge in [0.05, 0.1) is 18.4 Å². The predicted molar refractivity (Wildman–Crippen MR) is 99.3 cm³/mol. The summed E-state index contributed by atoms with van der Waals surface area (Å²) in [6, 6.07) is 7.50. The highest BCUT2D eigenvalue weighted by Gasteiger charge is 2.23. The number of amides is 2. The minimum absolute atomic E-state index is 0.0332. The van der Waals surface area contributed by atoms with Crippen molar-refractivity contribution >= 4 is 11.8 Å². The Labute approximate surface area is 153 Å². The van der Waals surface area contributed by atoms with E-state index in [0.29, 0.717) is 44.8 Å². The van der Waals surface area contributed by atoms with Crippen LogP contribution in [0, 0.1) is 6.92 Å². The number of aryl methyl sites for hydroxylation is 1. The lowest BCUT2D eigenvalue weighted by atomic mass is 10.1. The number of hydrogen-bond donors (Lipinski definition) is 1. The molecule has 0 aliphatic carbocycles. The molecular weight excluding hydrogens is 330 g/mol. The molecule has 0 radical (unpaired) electrons. The minimum Gasteiger partial charge on any atom is -0.355 e. The number of aromatic nitrogens is 2. The van der Waals surface area contributed by atoms with Gasteiger partial charge in [0.1, 0.15) is 0 Å². The third kappa shape index (κ3) is 4.29. The molecular formula is C19H25N5O2. The molecule has 0 atom stereocenters. The lowest BCUT2D eigenvalue weighted by Gasteiger charge is -2.34. The van der Waals surface area contributed by atoms with Crippen molar-refractivity contribution in [3.63, 3.8) is 0 Å². The van der Waals surface area contributed by atoms with Crippen LogP contribution in [0.15, 0.2) is 36.7 Å². The second kappa shape index (κ2) is 8.14. The van der Waals surface area contributed by atoms with E-state index in [-0.39, 0.29) is 11.8 Å². The van der Waals surface area contributed by atoms with Gasteiger partial charge in [0.2, 0.25) is 5.91 Å². The van der Waals surface area contributed by atoms with Crippen LogP contribution < -0.4 is 5.32 Å². The molecule has 1 aliphatic heterocycles. The molecule has 138 valence electrons. The van der Waals surface area contributed by atoms with Crippen molar-refractivity contribution in [3.05, 3.63) is 47.8 Å². The molecule has 1 saturated heterocycles. The normalized spacial score (nSPS) is 15.1. The standard InChI is InChI=1S/C19H25N5O2/c1-3-20-18(25)14-22-8-10-23(11-9-22)19(26)16-4-6-17(7-5-16)24-13-15(2)12-21-24/h4-7,12-13H,3,8-11,14H2,1-2H3,(H,20,25). The van der Waals surface area contributed by atoms with Gasteiger partial charge < -0.3 is 10.2 Å². The van der Waals surface area contributed by atoms with E-state index in [2.05, 4.69) is 15.3 Å². The molecule has 1 N–H and O–H groups in total. The Bertz CT molecular complexity index is 760. The molecule has 1 aliphatic rings. The van der Waals surface area contributed by atoms with Crippen LogP contribution in [-0.2, 0) is 4.79 Å². The molecule has 0 bridgehead atoms. The van der Waals surface area contributed by atoms with Crippen LogP contribution >= 0.6 is 0 Å². The Hall–Kier alpha value is -2.67. The highest BCUT2D eigenvalue weighted by Crippen LogP contribution is 2.13. The van der Waals surface area contributed by atoms with E-state index in [1.165, 1.54) is 0 Å². The van der Waals surface area contributed by atoms with Crippen molar-refractivity contribution < 1.29 is 9.59 Å². The van der Waals surface area contributed by atoms with Gasteiger partial charge in [0.15, 0.2) is 0 Å². The highest BCUT2D eigenvalue weighted by molar-refractivity contribution is 5.94. The number of piperazine rings is 1. The monoisotopic (exact) mass is 355 g/mol. The van der Waals surface area contributed by atoms with E-state index < -0.39 is 0 Å². The fraction of sp³-hybridized carbons (Fsp3) is 0.421. The smallest absolute Gasteiger partial charge is 0.253 e. The Morgan fingerprint density at radius 1 is 1.12 bits per heavy atom. The second-order valence-corrected chi connectivity index (χ2v) is 6.53. The van der Waals surface area contributed by atoms with Gasteiger partial charge in [-0.1, -0.05) is 0 Å². The van der Waals surface area contributed by atoms with Crippen LogP contribution in [0.1, 0.15) is 22.8 Å². The Balaban J connectivity index is 1.56. The fourth-order valence-corrected chi connectivity index (χ4v) is 3.06. The summed E-state index contributed by atoms with van der Waals surface area (Å²) in [6.45, 7) is 7.65. The maximum atomic E-state index is 12.7. The van der Waals surface area contributed by atoms with Crippen LogP contribution in [0.25, 0.3) is 5.69 Å². The fourth-order valence-electron chi connectivity index (χ4n) is 3.06. The maximum Gasteiger partial charge on any atom is 0.253 e. The number of nitrogens with one attached hydrogen (secondary N) is 1. The van der Waals surface area contributed by atoms with E-state index in [4.69, 9.17) is 0 Å². The quantitative estimate of drug-likeness (QED) is 0.871. The number of carbonyl (C=O) groups is 2. The molecule has 1 fully saturated rings. The molecule has 0 saturated carbocycles. The summed E-state index contributed by atoms with van der Waals surface area (Å²) < 4.78 is 1.80. The zero-order chi connectivity index (χ0) is 18.5. The largest absolute Gasteiger partial charge is 0.355 e. The molecule has 2 amide bonds. The van der Waals surface area contributed by atoms with Gasteiger partial charge in [-0.2, -0.15) is 5.10 Å². The average Bonchev–Trinajstić information content (AvgIpc) is 3.08. The molecule has 1 aromatic carbocycles. The number of nitrogens with zero attached hydrogens (tertiary/aromatic N) is 4. The summed E-state index contributed by atoms with van der Waals surface area (Å²) in [5, 5.41) is 7.08. The molecule has 1 aromatic heterocycles. The summed E-state index contributed by atoms with van der Waals surface area (Å²) in [7, 11) is 0. The summed E-state index contributed by atoms with van der Waals surface area (Å²) in [5.74, 6) is 0.0718. The zero-order valence-electron chi connectivity index (χ0n) is 15.3. The van der Waals surface area contributed by atoms with E-state index in [1.807, 2.05) is 49.2 Å². The van der Waals surface area contributed by atoms with Gasteiger partial charge in [-0.3, -0.25) is 14.5 Å². The number of hydrogen-bond acceptors (Lipinski definition) is 4. The molecule has 2 aromatic rings. The van der Waals surface area contributed by atoms with Gasteiger partial charge in [0, 0.05) is 44.5 Å². The molecule has 2 heterocycles. The van der Waals surface area contributed by atoms with Crippen LogP contribution in [0.2, 0.25) is 0 Å². The zero-order valence-corrected chi connectivity index (χ0v) is 15.3. The van der Waals surface area contributed by atoms with Crippen molar-refractivity contribution in [2.75, 3.05) is 39.3 Å².